The SMILES string of the molecule is Cc1cccc(Cl)c1NC(=O)C(c1cccc(O)c1)N(CCO)C(=O)C(CC(N)=O)NC(=O)OC(C)(C)C. The Morgan fingerprint density at radius 1 is 1.13 bits per heavy atom. The first kappa shape index (κ1) is 30.4. The van der Waals surface area contributed by atoms with Crippen molar-refractivity contribution in [3.63, 3.8) is 0 Å². The number of phenolic OH excluding ortho intramolecular Hbond substituents is 1. The van der Waals surface area contributed by atoms with Crippen molar-refractivity contribution < 1.29 is 34.1 Å². The zero-order chi connectivity index (χ0) is 28.6. The van der Waals surface area contributed by atoms with Crippen LogP contribution < -0.4 is 16.4 Å². The van der Waals surface area contributed by atoms with Gasteiger partial charge < -0.3 is 36.2 Å². The molecule has 206 valence electrons. The van der Waals surface area contributed by atoms with Crippen LogP contribution in [0.5, 0.6) is 5.75 Å². The molecule has 0 aromatic heterocycles. The van der Waals surface area contributed by atoms with Crippen molar-refractivity contribution >= 4 is 41.1 Å². The first-order chi connectivity index (χ1) is 17.7. The van der Waals surface area contributed by atoms with Crippen molar-refractivity contribution in [3.05, 3.63) is 58.6 Å². The molecule has 6 N–H and O–H groups in total. The van der Waals surface area contributed by atoms with Crippen LogP contribution in [0.25, 0.3) is 0 Å². The molecular weight excluding hydrogens is 516 g/mol. The lowest BCUT2D eigenvalue weighted by atomic mass is 10.0. The molecule has 0 heterocycles. The summed E-state index contributed by atoms with van der Waals surface area (Å²) in [5.41, 5.74) is 5.59. The molecule has 2 aromatic carbocycles. The fraction of sp³-hybridized carbons (Fsp3) is 0.385. The van der Waals surface area contributed by atoms with Crippen molar-refractivity contribution in [2.24, 2.45) is 5.73 Å². The third kappa shape index (κ3) is 8.63. The standard InChI is InChI=1S/C26H33ClN4O7/c1-15-7-5-10-18(27)21(15)30-23(35)22(16-8-6-9-17(33)13-16)31(11-12-32)24(36)19(14-20(28)34)29-25(37)38-26(2,3)4/h5-10,13,19,22,32-33H,11-12,14H2,1-4H3,(H2,28,34)(H,29,37)(H,30,35). The molecule has 0 saturated carbocycles. The summed E-state index contributed by atoms with van der Waals surface area (Å²) in [7, 11) is 0. The number of nitrogens with one attached hydrogen (secondary N) is 2. The number of aryl methyl sites for hydroxylation is 1. The fourth-order valence-corrected chi connectivity index (χ4v) is 3.94. The lowest BCUT2D eigenvalue weighted by molar-refractivity contribution is -0.142. The number of aromatic hydroxyl groups is 1. The third-order valence-electron chi connectivity index (χ3n) is 5.23. The number of hydrogen-bond acceptors (Lipinski definition) is 7. The zero-order valence-corrected chi connectivity index (χ0v) is 22.4. The molecule has 0 radical (unpaired) electrons. The highest BCUT2D eigenvalue weighted by atomic mass is 35.5. The maximum Gasteiger partial charge on any atom is 0.408 e. The number of amides is 4. The number of para-hydroxylation sites is 1. The number of carbonyl (C=O) groups excluding carboxylic acids is 4. The van der Waals surface area contributed by atoms with Gasteiger partial charge in [-0.2, -0.15) is 0 Å². The predicted octanol–water partition coefficient (Wildman–Crippen LogP) is 2.62. The van der Waals surface area contributed by atoms with Gasteiger partial charge in [-0.1, -0.05) is 35.9 Å². The minimum absolute atomic E-state index is 0.175. The fourth-order valence-electron chi connectivity index (χ4n) is 3.68. The van der Waals surface area contributed by atoms with Gasteiger partial charge in [-0.25, -0.2) is 4.79 Å². The molecule has 2 aromatic rings. The molecule has 0 aliphatic carbocycles. The van der Waals surface area contributed by atoms with Crippen LogP contribution in [0.2, 0.25) is 5.02 Å². The first-order valence-electron chi connectivity index (χ1n) is 11.8. The minimum atomic E-state index is -1.51. The number of benzene rings is 2. The van der Waals surface area contributed by atoms with Gasteiger partial charge in [-0.15, -0.1) is 0 Å². The summed E-state index contributed by atoms with van der Waals surface area (Å²) in [4.78, 5) is 52.6. The van der Waals surface area contributed by atoms with Gasteiger partial charge in [-0.3, -0.25) is 14.4 Å². The van der Waals surface area contributed by atoms with Crippen LogP contribution in [-0.2, 0) is 19.1 Å². The minimum Gasteiger partial charge on any atom is -0.508 e. The van der Waals surface area contributed by atoms with Gasteiger partial charge in [0.05, 0.1) is 23.7 Å². The van der Waals surface area contributed by atoms with Gasteiger partial charge in [0.1, 0.15) is 23.4 Å². The number of aliphatic hydroxyl groups is 1. The number of rotatable bonds is 10. The number of nitrogens with zero attached hydrogens (tertiary/aromatic N) is 1. The Hall–Kier alpha value is -3.83. The molecule has 0 aliphatic heterocycles. The molecule has 2 unspecified atom stereocenters. The van der Waals surface area contributed by atoms with Crippen LogP contribution in [0.15, 0.2) is 42.5 Å². The van der Waals surface area contributed by atoms with Gasteiger partial charge in [0, 0.05) is 6.54 Å². The molecule has 12 heteroatoms. The van der Waals surface area contributed by atoms with Crippen molar-refractivity contribution in [2.75, 3.05) is 18.5 Å². The second kappa shape index (κ2) is 13.1. The Kier molecular flexibility index (Phi) is 10.5. The van der Waals surface area contributed by atoms with Crippen molar-refractivity contribution in [2.45, 2.75) is 51.8 Å². The smallest absolute Gasteiger partial charge is 0.408 e. The Morgan fingerprint density at radius 2 is 1.79 bits per heavy atom. The number of anilines is 1. The Bertz CT molecular complexity index is 1160. The van der Waals surface area contributed by atoms with Crippen LogP contribution in [0, 0.1) is 6.92 Å². The normalized spacial score (nSPS) is 12.7. The van der Waals surface area contributed by atoms with E-state index in [1.807, 2.05) is 0 Å². The van der Waals surface area contributed by atoms with E-state index in [1.54, 1.807) is 45.9 Å². The molecule has 0 saturated heterocycles. The van der Waals surface area contributed by atoms with E-state index in [0.29, 0.717) is 11.3 Å². The number of halogens is 1. The molecule has 0 bridgehead atoms. The van der Waals surface area contributed by atoms with E-state index in [0.717, 1.165) is 4.90 Å². The van der Waals surface area contributed by atoms with Gasteiger partial charge in [0.25, 0.3) is 5.91 Å². The number of carbonyl (C=O) groups is 4. The van der Waals surface area contributed by atoms with Gasteiger partial charge in [0.15, 0.2) is 0 Å². The summed E-state index contributed by atoms with van der Waals surface area (Å²) >= 11 is 6.28. The second-order valence-corrected chi connectivity index (χ2v) is 9.95. The number of alkyl carbamates (subject to hydrolysis) is 1. The van der Waals surface area contributed by atoms with E-state index >= 15 is 0 Å². The number of phenols is 1. The lowest BCUT2D eigenvalue weighted by Crippen LogP contribution is -2.54. The Balaban J connectivity index is 2.55. The Labute approximate surface area is 225 Å². The summed E-state index contributed by atoms with van der Waals surface area (Å²) in [5.74, 6) is -2.67. The quantitative estimate of drug-likeness (QED) is 0.303. The van der Waals surface area contributed by atoms with Crippen LogP contribution in [-0.4, -0.2) is 63.7 Å². The highest BCUT2D eigenvalue weighted by Gasteiger charge is 2.37. The molecule has 2 atom stereocenters. The topological polar surface area (TPSA) is 171 Å². The molecule has 0 spiro atoms. The van der Waals surface area contributed by atoms with E-state index in [1.165, 1.54) is 24.3 Å². The molecule has 2 rings (SSSR count). The van der Waals surface area contributed by atoms with Crippen LogP contribution >= 0.6 is 11.6 Å². The van der Waals surface area contributed by atoms with Crippen molar-refractivity contribution in [1.82, 2.24) is 10.2 Å². The molecule has 4 amide bonds. The number of ether oxygens (including phenoxy) is 1. The highest BCUT2D eigenvalue weighted by molar-refractivity contribution is 6.34. The highest BCUT2D eigenvalue weighted by Crippen LogP contribution is 2.30. The van der Waals surface area contributed by atoms with E-state index in [-0.39, 0.29) is 22.9 Å². The van der Waals surface area contributed by atoms with E-state index < -0.39 is 54.5 Å². The lowest BCUT2D eigenvalue weighted by Gasteiger charge is -2.34. The molecule has 0 aliphatic rings. The summed E-state index contributed by atoms with van der Waals surface area (Å²) < 4.78 is 5.20. The predicted molar refractivity (Wildman–Crippen MR) is 141 cm³/mol. The summed E-state index contributed by atoms with van der Waals surface area (Å²) in [5, 5.41) is 25.2. The van der Waals surface area contributed by atoms with Crippen molar-refractivity contribution in [1.29, 1.82) is 0 Å². The summed E-state index contributed by atoms with van der Waals surface area (Å²) in [6.07, 6.45) is -1.58. The molecule has 0 fully saturated rings. The molecular formula is C26H33ClN4O7. The van der Waals surface area contributed by atoms with Crippen molar-refractivity contribution in [3.8, 4) is 5.75 Å². The summed E-state index contributed by atoms with van der Waals surface area (Å²) in [6.45, 7) is 5.67. The number of nitrogens with two attached hydrogens (primary N) is 1. The number of hydrogen-bond donors (Lipinski definition) is 5. The van der Waals surface area contributed by atoms with Crippen LogP contribution in [0.4, 0.5) is 10.5 Å². The average molecular weight is 549 g/mol. The van der Waals surface area contributed by atoms with Gasteiger partial charge >= 0.3 is 6.09 Å². The van der Waals surface area contributed by atoms with E-state index in [2.05, 4.69) is 10.6 Å². The summed E-state index contributed by atoms with van der Waals surface area (Å²) in [6, 6.07) is 7.75. The van der Waals surface area contributed by atoms with E-state index in [9.17, 15) is 29.4 Å². The van der Waals surface area contributed by atoms with Gasteiger partial charge in [-0.05, 0) is 57.0 Å². The zero-order valence-electron chi connectivity index (χ0n) is 21.7. The van der Waals surface area contributed by atoms with Crippen LogP contribution in [0.3, 0.4) is 0 Å². The number of primary amides is 1. The first-order valence-corrected chi connectivity index (χ1v) is 12.2. The number of aliphatic hydroxyl groups excluding tert-OH is 1. The Morgan fingerprint density at radius 3 is 2.34 bits per heavy atom. The largest absolute Gasteiger partial charge is 0.508 e. The van der Waals surface area contributed by atoms with Gasteiger partial charge in [0.2, 0.25) is 11.8 Å². The maximum atomic E-state index is 13.7. The second-order valence-electron chi connectivity index (χ2n) is 9.54. The van der Waals surface area contributed by atoms with E-state index in [4.69, 9.17) is 22.1 Å². The molecule has 38 heavy (non-hydrogen) atoms. The third-order valence-corrected chi connectivity index (χ3v) is 5.55. The maximum absolute atomic E-state index is 13.7. The molecule has 11 nitrogen and oxygen atoms in total. The monoisotopic (exact) mass is 548 g/mol. The average Bonchev–Trinajstić information content (AvgIpc) is 2.79. The van der Waals surface area contributed by atoms with Crippen LogP contribution in [0.1, 0.15) is 44.4 Å².